The molecule has 3 unspecified atom stereocenters. The van der Waals surface area contributed by atoms with E-state index >= 15 is 0 Å². The highest BCUT2D eigenvalue weighted by Gasteiger charge is 2.31. The fourth-order valence-corrected chi connectivity index (χ4v) is 4.35. The molecule has 1 aliphatic carbocycles. The van der Waals surface area contributed by atoms with Crippen molar-refractivity contribution in [3.63, 3.8) is 0 Å². The zero-order valence-electron chi connectivity index (χ0n) is 14.4. The second-order valence-electron chi connectivity index (χ2n) is 7.31. The van der Waals surface area contributed by atoms with Crippen LogP contribution in [0.4, 0.5) is 0 Å². The first kappa shape index (κ1) is 19.0. The van der Waals surface area contributed by atoms with Gasteiger partial charge in [-0.1, -0.05) is 20.8 Å². The molecule has 4 heteroatoms. The van der Waals surface area contributed by atoms with Crippen molar-refractivity contribution in [3.05, 3.63) is 0 Å². The number of nitrogens with one attached hydrogen (secondary N) is 1. The Hall–Kier alpha value is -0.0900. The van der Waals surface area contributed by atoms with Crippen LogP contribution in [0.5, 0.6) is 0 Å². The lowest BCUT2D eigenvalue weighted by molar-refractivity contribution is 0.137. The van der Waals surface area contributed by atoms with Crippen LogP contribution in [0.2, 0.25) is 0 Å². The molecule has 0 aromatic carbocycles. The third-order valence-corrected chi connectivity index (χ3v) is 6.08. The van der Waals surface area contributed by atoms with Crippen molar-refractivity contribution in [1.29, 1.82) is 0 Å². The molecule has 1 aliphatic rings. The van der Waals surface area contributed by atoms with Crippen LogP contribution in [0.3, 0.4) is 0 Å². The molecule has 0 aliphatic heterocycles. The predicted octanol–water partition coefficient (Wildman–Crippen LogP) is 3.50. The molecular formula is C17H35NO2S. The largest absolute Gasteiger partial charge is 0.316 e. The molecule has 0 heterocycles. The molecule has 0 amide bonds. The van der Waals surface area contributed by atoms with Gasteiger partial charge in [-0.2, -0.15) is 0 Å². The van der Waals surface area contributed by atoms with E-state index in [4.69, 9.17) is 0 Å². The van der Waals surface area contributed by atoms with Crippen LogP contribution in [-0.4, -0.2) is 33.5 Å². The first-order chi connectivity index (χ1) is 9.83. The standard InChI is InChI=1S/C17H35NO2S/c1-5-10-18-13-17-9-8-15(14(2)3)12-16(17)7-6-11-21(4,19)20/h14-18H,5-13H2,1-4H3. The molecular weight excluding hydrogens is 282 g/mol. The summed E-state index contributed by atoms with van der Waals surface area (Å²) in [6.45, 7) is 9.07. The van der Waals surface area contributed by atoms with E-state index in [-0.39, 0.29) is 0 Å². The summed E-state index contributed by atoms with van der Waals surface area (Å²) < 4.78 is 22.7. The molecule has 21 heavy (non-hydrogen) atoms. The van der Waals surface area contributed by atoms with Crippen molar-refractivity contribution < 1.29 is 8.42 Å². The smallest absolute Gasteiger partial charge is 0.147 e. The van der Waals surface area contributed by atoms with E-state index in [1.54, 1.807) is 0 Å². The Bertz CT molecular complexity index is 378. The van der Waals surface area contributed by atoms with Crippen LogP contribution in [0.15, 0.2) is 0 Å². The van der Waals surface area contributed by atoms with Gasteiger partial charge in [-0.05, 0) is 75.3 Å². The van der Waals surface area contributed by atoms with Crippen molar-refractivity contribution in [3.8, 4) is 0 Å². The minimum Gasteiger partial charge on any atom is -0.316 e. The van der Waals surface area contributed by atoms with Crippen LogP contribution >= 0.6 is 0 Å². The van der Waals surface area contributed by atoms with E-state index in [9.17, 15) is 8.42 Å². The molecule has 1 fully saturated rings. The second-order valence-corrected chi connectivity index (χ2v) is 9.57. The minimum absolute atomic E-state index is 0.352. The van der Waals surface area contributed by atoms with E-state index in [0.29, 0.717) is 11.7 Å². The predicted molar refractivity (Wildman–Crippen MR) is 91.3 cm³/mol. The third kappa shape index (κ3) is 7.64. The maximum atomic E-state index is 11.3. The Kier molecular flexibility index (Phi) is 8.25. The lowest BCUT2D eigenvalue weighted by Crippen LogP contribution is -2.35. The monoisotopic (exact) mass is 317 g/mol. The molecule has 0 spiro atoms. The van der Waals surface area contributed by atoms with Crippen LogP contribution in [-0.2, 0) is 9.84 Å². The number of hydrogen-bond donors (Lipinski definition) is 1. The zero-order valence-corrected chi connectivity index (χ0v) is 15.2. The van der Waals surface area contributed by atoms with Crippen molar-refractivity contribution in [2.45, 2.75) is 59.3 Å². The molecule has 1 rings (SSSR count). The first-order valence-corrected chi connectivity index (χ1v) is 10.8. The summed E-state index contributed by atoms with van der Waals surface area (Å²) in [5.41, 5.74) is 0. The minimum atomic E-state index is -2.81. The van der Waals surface area contributed by atoms with E-state index < -0.39 is 9.84 Å². The van der Waals surface area contributed by atoms with Gasteiger partial charge in [0.05, 0.1) is 0 Å². The highest BCUT2D eigenvalue weighted by atomic mass is 32.2. The molecule has 0 aromatic rings. The Balaban J connectivity index is 2.51. The van der Waals surface area contributed by atoms with Gasteiger partial charge in [0.2, 0.25) is 0 Å². The van der Waals surface area contributed by atoms with Crippen molar-refractivity contribution >= 4 is 9.84 Å². The van der Waals surface area contributed by atoms with Gasteiger partial charge in [-0.15, -0.1) is 0 Å². The SMILES string of the molecule is CCCNCC1CCC(C(C)C)CC1CCCS(C)(=O)=O. The van der Waals surface area contributed by atoms with E-state index in [0.717, 1.165) is 43.7 Å². The quantitative estimate of drug-likeness (QED) is 0.662. The van der Waals surface area contributed by atoms with Gasteiger partial charge in [0.1, 0.15) is 9.84 Å². The van der Waals surface area contributed by atoms with Crippen molar-refractivity contribution in [2.24, 2.45) is 23.7 Å². The van der Waals surface area contributed by atoms with Crippen LogP contribution in [0.1, 0.15) is 59.3 Å². The first-order valence-electron chi connectivity index (χ1n) is 8.72. The van der Waals surface area contributed by atoms with Gasteiger partial charge in [-0.3, -0.25) is 0 Å². The van der Waals surface area contributed by atoms with Gasteiger partial charge >= 0.3 is 0 Å². The summed E-state index contributed by atoms with van der Waals surface area (Å²) in [6.07, 6.45) is 8.39. The lowest BCUT2D eigenvalue weighted by atomic mass is 9.69. The fraction of sp³-hybridized carbons (Fsp3) is 1.00. The van der Waals surface area contributed by atoms with Gasteiger partial charge in [0, 0.05) is 12.0 Å². The number of sulfone groups is 1. The van der Waals surface area contributed by atoms with E-state index in [1.165, 1.54) is 31.9 Å². The molecule has 126 valence electrons. The number of rotatable bonds is 9. The fourth-order valence-electron chi connectivity index (χ4n) is 3.66. The van der Waals surface area contributed by atoms with E-state index in [2.05, 4.69) is 26.1 Å². The molecule has 1 N–H and O–H groups in total. The normalized spacial score (nSPS) is 27.2. The molecule has 0 bridgehead atoms. The average molecular weight is 318 g/mol. The summed E-state index contributed by atoms with van der Waals surface area (Å²) in [4.78, 5) is 0. The lowest BCUT2D eigenvalue weighted by Gasteiger charge is -2.38. The number of hydrogen-bond acceptors (Lipinski definition) is 3. The van der Waals surface area contributed by atoms with Crippen molar-refractivity contribution in [2.75, 3.05) is 25.1 Å². The third-order valence-electron chi connectivity index (χ3n) is 5.05. The zero-order chi connectivity index (χ0) is 15.9. The summed E-state index contributed by atoms with van der Waals surface area (Å²) in [5, 5.41) is 3.57. The summed E-state index contributed by atoms with van der Waals surface area (Å²) >= 11 is 0. The second kappa shape index (κ2) is 9.14. The summed E-state index contributed by atoms with van der Waals surface area (Å²) in [5.74, 6) is 3.39. The molecule has 1 saturated carbocycles. The van der Waals surface area contributed by atoms with E-state index in [1.807, 2.05) is 0 Å². The topological polar surface area (TPSA) is 46.2 Å². The Labute approximate surface area is 132 Å². The molecule has 0 radical (unpaired) electrons. The molecule has 0 saturated heterocycles. The average Bonchev–Trinajstić information content (AvgIpc) is 2.38. The maximum absolute atomic E-state index is 11.3. The highest BCUT2D eigenvalue weighted by molar-refractivity contribution is 7.90. The van der Waals surface area contributed by atoms with Crippen LogP contribution < -0.4 is 5.32 Å². The van der Waals surface area contributed by atoms with Gasteiger partial charge in [0.15, 0.2) is 0 Å². The highest BCUT2D eigenvalue weighted by Crippen LogP contribution is 2.39. The van der Waals surface area contributed by atoms with Crippen LogP contribution in [0, 0.1) is 23.7 Å². The summed E-state index contributed by atoms with van der Waals surface area (Å²) in [6, 6.07) is 0. The Morgan fingerprint density at radius 2 is 1.90 bits per heavy atom. The molecule has 3 atom stereocenters. The molecule has 3 nitrogen and oxygen atoms in total. The van der Waals surface area contributed by atoms with Gasteiger partial charge in [0.25, 0.3) is 0 Å². The van der Waals surface area contributed by atoms with Crippen LogP contribution in [0.25, 0.3) is 0 Å². The molecule has 0 aromatic heterocycles. The van der Waals surface area contributed by atoms with Gasteiger partial charge < -0.3 is 5.32 Å². The maximum Gasteiger partial charge on any atom is 0.147 e. The summed E-state index contributed by atoms with van der Waals surface area (Å²) in [7, 11) is -2.81. The Morgan fingerprint density at radius 1 is 1.19 bits per heavy atom. The Morgan fingerprint density at radius 3 is 2.48 bits per heavy atom. The van der Waals surface area contributed by atoms with Gasteiger partial charge in [-0.25, -0.2) is 8.42 Å². The van der Waals surface area contributed by atoms with Crippen molar-refractivity contribution in [1.82, 2.24) is 5.32 Å².